The van der Waals surface area contributed by atoms with E-state index in [1.54, 1.807) is 53.8 Å². The molecular weight excluding hydrogens is 806 g/mol. The number of benzene rings is 3. The summed E-state index contributed by atoms with van der Waals surface area (Å²) in [5.41, 5.74) is 4.06. The monoisotopic (exact) mass is 851 g/mol. The van der Waals surface area contributed by atoms with Crippen molar-refractivity contribution in [3.8, 4) is 22.6 Å². The van der Waals surface area contributed by atoms with Crippen LogP contribution in [0.3, 0.4) is 0 Å². The van der Waals surface area contributed by atoms with Crippen molar-refractivity contribution in [2.45, 2.75) is 85.9 Å². The van der Waals surface area contributed by atoms with Gasteiger partial charge >= 0.3 is 0 Å². The van der Waals surface area contributed by atoms with Crippen molar-refractivity contribution < 1.29 is 19.1 Å². The van der Waals surface area contributed by atoms with Crippen LogP contribution in [-0.2, 0) is 4.79 Å². The number of thiophene rings is 1. The molecule has 0 spiro atoms. The largest absolute Gasteiger partial charge is 0.494 e. The lowest BCUT2D eigenvalue weighted by Gasteiger charge is -2.63. The minimum Gasteiger partial charge on any atom is -0.494 e. The van der Waals surface area contributed by atoms with Crippen molar-refractivity contribution >= 4 is 52.1 Å². The molecule has 1 aliphatic heterocycles. The summed E-state index contributed by atoms with van der Waals surface area (Å²) in [5, 5.41) is 26.4. The van der Waals surface area contributed by atoms with E-state index in [9.17, 15) is 14.9 Å². The Labute approximate surface area is 358 Å². The number of ether oxygens (including phenoxy) is 2. The van der Waals surface area contributed by atoms with E-state index in [4.69, 9.17) is 37.7 Å². The first-order valence-corrected chi connectivity index (χ1v) is 21.2. The van der Waals surface area contributed by atoms with Crippen molar-refractivity contribution in [1.29, 1.82) is 5.26 Å². The van der Waals surface area contributed by atoms with E-state index < -0.39 is 6.04 Å². The van der Waals surface area contributed by atoms with Crippen LogP contribution >= 0.6 is 34.5 Å². The molecule has 2 amide bonds. The first-order chi connectivity index (χ1) is 28.1. The number of nitrogens with zero attached hydrogens (tertiary/aromatic N) is 5. The Morgan fingerprint density at radius 3 is 2.31 bits per heavy atom. The molecule has 7 rings (SSSR count). The maximum Gasteiger partial charge on any atom is 0.251 e. The first kappa shape index (κ1) is 41.9. The molecule has 14 heteroatoms. The molecule has 0 bridgehead atoms. The summed E-state index contributed by atoms with van der Waals surface area (Å²) in [7, 11) is 0. The molecule has 0 unspecified atom stereocenters. The zero-order valence-electron chi connectivity index (χ0n) is 34.2. The van der Waals surface area contributed by atoms with Crippen LogP contribution in [0.2, 0.25) is 10.0 Å². The van der Waals surface area contributed by atoms with Crippen molar-refractivity contribution in [2.75, 3.05) is 13.2 Å². The smallest absolute Gasteiger partial charge is 0.251 e. The molecule has 5 aromatic rings. The Morgan fingerprint density at radius 1 is 0.932 bits per heavy atom. The van der Waals surface area contributed by atoms with E-state index >= 15 is 0 Å². The second-order valence-corrected chi connectivity index (χ2v) is 18.4. The maximum absolute atomic E-state index is 13.4. The van der Waals surface area contributed by atoms with Crippen LogP contribution in [-0.4, -0.2) is 57.6 Å². The Bertz CT molecular complexity index is 2450. The number of nitriles is 1. The maximum atomic E-state index is 13.4. The lowest BCUT2D eigenvalue weighted by Crippen LogP contribution is -2.74. The van der Waals surface area contributed by atoms with Gasteiger partial charge in [-0.05, 0) is 87.7 Å². The molecule has 306 valence electrons. The number of amides is 2. The van der Waals surface area contributed by atoms with Crippen LogP contribution in [0, 0.1) is 42.9 Å². The number of fused-ring (bicyclic) bond motifs is 3. The summed E-state index contributed by atoms with van der Waals surface area (Å²) >= 11 is 14.2. The second kappa shape index (κ2) is 16.8. The van der Waals surface area contributed by atoms with Gasteiger partial charge in [0.2, 0.25) is 5.91 Å². The van der Waals surface area contributed by atoms with Crippen molar-refractivity contribution in [3.63, 3.8) is 0 Å². The highest BCUT2D eigenvalue weighted by Crippen LogP contribution is 2.55. The van der Waals surface area contributed by atoms with E-state index in [0.29, 0.717) is 51.6 Å². The number of aromatic nitrogens is 3. The summed E-state index contributed by atoms with van der Waals surface area (Å²) in [5.74, 6) is 2.33. The molecule has 11 nitrogen and oxygen atoms in total. The van der Waals surface area contributed by atoms with Crippen LogP contribution in [0.25, 0.3) is 5.00 Å². The molecule has 0 saturated heterocycles. The number of unbranched alkanes of at least 4 members (excludes halogenated alkanes) is 1. The number of halogens is 2. The number of hydrogen-bond donors (Lipinski definition) is 2. The second-order valence-electron chi connectivity index (χ2n) is 16.3. The number of rotatable bonds is 13. The van der Waals surface area contributed by atoms with Gasteiger partial charge in [0.25, 0.3) is 5.91 Å². The number of aliphatic imine (C=N–C) groups is 1. The summed E-state index contributed by atoms with van der Waals surface area (Å²) in [6, 6.07) is 21.2. The highest BCUT2D eigenvalue weighted by Gasteiger charge is 2.64. The average molecular weight is 853 g/mol. The molecule has 1 fully saturated rings. The van der Waals surface area contributed by atoms with Crippen LogP contribution in [0.15, 0.2) is 71.7 Å². The molecular formula is C45H47Cl2N7O4S. The van der Waals surface area contributed by atoms with Gasteiger partial charge in [-0.2, -0.15) is 5.26 Å². The molecule has 3 aromatic carbocycles. The number of aryl methyl sites for hydroxylation is 2. The third-order valence-electron chi connectivity index (χ3n) is 11.4. The fourth-order valence-corrected chi connectivity index (χ4v) is 10.1. The molecule has 1 aliphatic carbocycles. The topological polar surface area (TPSA) is 144 Å². The summed E-state index contributed by atoms with van der Waals surface area (Å²) < 4.78 is 14.4. The van der Waals surface area contributed by atoms with Gasteiger partial charge in [-0.15, -0.1) is 21.5 Å². The fourth-order valence-electron chi connectivity index (χ4n) is 8.54. The predicted molar refractivity (Wildman–Crippen MR) is 231 cm³/mol. The Hall–Kier alpha value is -5.22. The third-order valence-corrected chi connectivity index (χ3v) is 13.2. The Morgan fingerprint density at radius 2 is 1.63 bits per heavy atom. The lowest BCUT2D eigenvalue weighted by atomic mass is 9.49. The van der Waals surface area contributed by atoms with Gasteiger partial charge in [-0.1, -0.05) is 63.0 Å². The van der Waals surface area contributed by atoms with Gasteiger partial charge < -0.3 is 20.1 Å². The quantitative estimate of drug-likeness (QED) is 0.112. The highest BCUT2D eigenvalue weighted by molar-refractivity contribution is 7.15. The zero-order chi connectivity index (χ0) is 42.2. The SMILES string of the molecule is Cc1sc2c(c1C)C(c1ccc(Cl)cc1)=N[C@@H](CC(=O)NCCCCOc1ccc(C(=O)NC3C(C)(C)C(Oc4ccc(C#N)c(Cl)c4)C3(C)C)cc1)c1nnc(C)n1-2. The molecule has 2 aliphatic rings. The van der Waals surface area contributed by atoms with Crippen LogP contribution in [0.5, 0.6) is 11.5 Å². The van der Waals surface area contributed by atoms with Crippen molar-refractivity contribution in [2.24, 2.45) is 15.8 Å². The van der Waals surface area contributed by atoms with Gasteiger partial charge in [-0.3, -0.25) is 19.1 Å². The van der Waals surface area contributed by atoms with Crippen molar-refractivity contribution in [3.05, 3.63) is 121 Å². The molecule has 2 N–H and O–H groups in total. The van der Waals surface area contributed by atoms with Gasteiger partial charge in [0.15, 0.2) is 5.82 Å². The number of nitrogens with one attached hydrogen (secondary N) is 2. The summed E-state index contributed by atoms with van der Waals surface area (Å²) in [6.45, 7) is 15.4. The molecule has 0 radical (unpaired) electrons. The molecule has 1 saturated carbocycles. The highest BCUT2D eigenvalue weighted by atomic mass is 35.5. The van der Waals surface area contributed by atoms with Gasteiger partial charge in [0.05, 0.1) is 29.3 Å². The van der Waals surface area contributed by atoms with E-state index in [0.717, 1.165) is 46.1 Å². The standard InChI is InChI=1S/C45H47Cl2N7O4S/c1-25-26(2)59-41-37(25)38(28-10-15-31(46)16-11-28)50-35(39-53-52-27(3)54(39)41)23-36(55)49-20-8-9-21-57-32-17-12-29(13-18-32)40(56)51-42-44(4,5)43(45(42,6)7)58-33-19-14-30(24-48)34(47)22-33/h10-19,22,35,42-43H,8-9,20-21,23H2,1-7H3,(H,49,55)(H,51,56)/t35-,42?,43?/m0/s1. The Kier molecular flexibility index (Phi) is 11.9. The Balaban J connectivity index is 0.889. The normalized spacial score (nSPS) is 18.6. The van der Waals surface area contributed by atoms with E-state index in [-0.39, 0.29) is 41.2 Å². The summed E-state index contributed by atoms with van der Waals surface area (Å²) in [6.07, 6.45) is 1.36. The predicted octanol–water partition coefficient (Wildman–Crippen LogP) is 9.30. The average Bonchev–Trinajstić information content (AvgIpc) is 3.68. The first-order valence-electron chi connectivity index (χ1n) is 19.6. The van der Waals surface area contributed by atoms with Gasteiger partial charge in [0.1, 0.15) is 40.5 Å². The van der Waals surface area contributed by atoms with Crippen LogP contribution in [0.1, 0.15) is 102 Å². The molecule has 59 heavy (non-hydrogen) atoms. The van der Waals surface area contributed by atoms with Crippen LogP contribution < -0.4 is 20.1 Å². The molecule has 3 heterocycles. The summed E-state index contributed by atoms with van der Waals surface area (Å²) in [4.78, 5) is 33.1. The van der Waals surface area contributed by atoms with E-state index in [1.165, 1.54) is 4.88 Å². The number of hydrogen-bond acceptors (Lipinski definition) is 9. The molecule has 1 atom stereocenters. The van der Waals surface area contributed by atoms with E-state index in [2.05, 4.69) is 68.4 Å². The third kappa shape index (κ3) is 8.34. The van der Waals surface area contributed by atoms with Crippen LogP contribution in [0.4, 0.5) is 0 Å². The zero-order valence-corrected chi connectivity index (χ0v) is 36.5. The fraction of sp³-hybridized carbons (Fsp3) is 0.378. The number of carbonyl (C=O) groups is 2. The minimum absolute atomic E-state index is 0.122. The van der Waals surface area contributed by atoms with E-state index in [1.807, 2.05) is 35.8 Å². The van der Waals surface area contributed by atoms with Crippen molar-refractivity contribution in [1.82, 2.24) is 25.4 Å². The van der Waals surface area contributed by atoms with Gasteiger partial charge in [-0.25, -0.2) is 0 Å². The molecule has 2 aromatic heterocycles. The minimum atomic E-state index is -0.535. The number of carbonyl (C=O) groups excluding carboxylic acids is 2. The van der Waals surface area contributed by atoms with Gasteiger partial charge in [0, 0.05) is 56.1 Å². The lowest BCUT2D eigenvalue weighted by molar-refractivity contribution is -0.164.